The highest BCUT2D eigenvalue weighted by molar-refractivity contribution is 7.10. The van der Waals surface area contributed by atoms with E-state index in [9.17, 15) is 0 Å². The van der Waals surface area contributed by atoms with Gasteiger partial charge in [-0.25, -0.2) is 0 Å². The van der Waals surface area contributed by atoms with Crippen LogP contribution >= 0.6 is 11.3 Å². The van der Waals surface area contributed by atoms with Crippen LogP contribution < -0.4 is 10.6 Å². The molecule has 0 aliphatic carbocycles. The minimum atomic E-state index is 0.528. The highest BCUT2D eigenvalue weighted by Crippen LogP contribution is 2.34. The van der Waals surface area contributed by atoms with Gasteiger partial charge in [-0.15, -0.1) is 11.3 Å². The van der Waals surface area contributed by atoms with Gasteiger partial charge in [0, 0.05) is 41.7 Å². The average Bonchev–Trinajstić information content (AvgIpc) is 3.01. The molecule has 0 saturated heterocycles. The Morgan fingerprint density at radius 1 is 1.24 bits per heavy atom. The molecule has 1 aliphatic heterocycles. The number of nitrogens with zero attached hydrogens (tertiary/aromatic N) is 2. The van der Waals surface area contributed by atoms with Gasteiger partial charge in [-0.2, -0.15) is 0 Å². The van der Waals surface area contributed by atoms with Gasteiger partial charge in [-0.1, -0.05) is 18.2 Å². The fraction of sp³-hybridized carbons (Fsp3) is 0.235. The number of hydrogen-bond donors (Lipinski definition) is 1. The van der Waals surface area contributed by atoms with Gasteiger partial charge >= 0.3 is 0 Å². The van der Waals surface area contributed by atoms with E-state index in [0.29, 0.717) is 6.54 Å². The van der Waals surface area contributed by atoms with Gasteiger partial charge in [0.1, 0.15) is 0 Å². The summed E-state index contributed by atoms with van der Waals surface area (Å²) in [7, 11) is 0. The van der Waals surface area contributed by atoms with E-state index in [0.717, 1.165) is 30.6 Å². The number of aromatic nitrogens is 1. The van der Waals surface area contributed by atoms with E-state index in [2.05, 4.69) is 39.5 Å². The second-order valence-electron chi connectivity index (χ2n) is 5.39. The lowest BCUT2D eigenvalue weighted by Gasteiger charge is -2.31. The number of fused-ring (bicyclic) bond motifs is 2. The van der Waals surface area contributed by atoms with E-state index in [4.69, 9.17) is 5.73 Å². The molecule has 4 rings (SSSR count). The first-order valence-corrected chi connectivity index (χ1v) is 8.11. The first-order valence-electron chi connectivity index (χ1n) is 7.23. The van der Waals surface area contributed by atoms with Gasteiger partial charge in [0.2, 0.25) is 0 Å². The smallest absolute Gasteiger partial charge is 0.0723 e. The zero-order chi connectivity index (χ0) is 14.2. The molecule has 1 aromatic carbocycles. The summed E-state index contributed by atoms with van der Waals surface area (Å²) in [5, 5.41) is 3.40. The number of thiophene rings is 1. The van der Waals surface area contributed by atoms with Crippen molar-refractivity contribution in [2.45, 2.75) is 19.5 Å². The molecule has 0 atom stereocenters. The number of nitrogens with two attached hydrogens (primary N) is 1. The first kappa shape index (κ1) is 12.8. The van der Waals surface area contributed by atoms with E-state index in [1.165, 1.54) is 21.5 Å². The van der Waals surface area contributed by atoms with Gasteiger partial charge in [-0.05, 0) is 29.5 Å². The summed E-state index contributed by atoms with van der Waals surface area (Å²) in [4.78, 5) is 8.52. The average molecular weight is 295 g/mol. The lowest BCUT2D eigenvalue weighted by atomic mass is 10.0. The van der Waals surface area contributed by atoms with Crippen LogP contribution in [0.25, 0.3) is 10.9 Å². The summed E-state index contributed by atoms with van der Waals surface area (Å²) in [5.74, 6) is 0. The topological polar surface area (TPSA) is 42.1 Å². The third-order valence-corrected chi connectivity index (χ3v) is 5.19. The molecule has 3 heterocycles. The summed E-state index contributed by atoms with van der Waals surface area (Å²) in [6.45, 7) is 2.55. The molecule has 106 valence electrons. The maximum absolute atomic E-state index is 5.96. The molecule has 2 aromatic heterocycles. The minimum absolute atomic E-state index is 0.528. The molecule has 0 amide bonds. The molecule has 0 bridgehead atoms. The molecule has 21 heavy (non-hydrogen) atoms. The van der Waals surface area contributed by atoms with Gasteiger partial charge in [0.15, 0.2) is 0 Å². The summed E-state index contributed by atoms with van der Waals surface area (Å²) in [6, 6.07) is 10.6. The lowest BCUT2D eigenvalue weighted by Crippen LogP contribution is -2.30. The molecule has 2 N–H and O–H groups in total. The lowest BCUT2D eigenvalue weighted by molar-refractivity contribution is 0.740. The zero-order valence-corrected chi connectivity index (χ0v) is 12.6. The zero-order valence-electron chi connectivity index (χ0n) is 11.7. The third kappa shape index (κ3) is 2.11. The molecule has 0 fully saturated rings. The summed E-state index contributed by atoms with van der Waals surface area (Å²) < 4.78 is 0. The largest absolute Gasteiger partial charge is 0.366 e. The van der Waals surface area contributed by atoms with Gasteiger partial charge in [0.05, 0.1) is 11.2 Å². The van der Waals surface area contributed by atoms with Gasteiger partial charge in [0.25, 0.3) is 0 Å². The highest BCUT2D eigenvalue weighted by atomic mass is 32.1. The number of para-hydroxylation sites is 1. The summed E-state index contributed by atoms with van der Waals surface area (Å²) >= 11 is 1.87. The number of hydrogen-bond acceptors (Lipinski definition) is 4. The Hall–Kier alpha value is -1.91. The third-order valence-electron chi connectivity index (χ3n) is 4.17. The van der Waals surface area contributed by atoms with Crippen LogP contribution in [0.1, 0.15) is 16.0 Å². The van der Waals surface area contributed by atoms with Crippen LogP contribution in [0.5, 0.6) is 0 Å². The standard InChI is InChI=1S/C17H17N3S/c18-9-13-10-19-15-4-2-1-3-14(15)17(13)20-7-5-16-12(11-20)6-8-21-16/h1-4,6,8,10H,5,7,9,11,18H2. The molecule has 4 heteroatoms. The van der Waals surface area contributed by atoms with Crippen LogP contribution in [0.2, 0.25) is 0 Å². The Kier molecular flexibility index (Phi) is 3.13. The number of anilines is 1. The van der Waals surface area contributed by atoms with Crippen molar-refractivity contribution in [1.82, 2.24) is 4.98 Å². The summed E-state index contributed by atoms with van der Waals surface area (Å²) in [5.41, 5.74) is 10.9. The Morgan fingerprint density at radius 3 is 3.05 bits per heavy atom. The molecule has 3 aromatic rings. The molecule has 3 nitrogen and oxygen atoms in total. The van der Waals surface area contributed by atoms with E-state index in [1.807, 2.05) is 23.6 Å². The van der Waals surface area contributed by atoms with Crippen molar-refractivity contribution in [3.63, 3.8) is 0 Å². The van der Waals surface area contributed by atoms with Crippen molar-refractivity contribution >= 4 is 27.9 Å². The normalized spacial score (nSPS) is 14.4. The number of pyridine rings is 1. The Bertz CT molecular complexity index is 794. The molecular formula is C17H17N3S. The highest BCUT2D eigenvalue weighted by Gasteiger charge is 2.21. The van der Waals surface area contributed by atoms with E-state index in [-0.39, 0.29) is 0 Å². The maximum atomic E-state index is 5.96. The Morgan fingerprint density at radius 2 is 2.14 bits per heavy atom. The monoisotopic (exact) mass is 295 g/mol. The second-order valence-corrected chi connectivity index (χ2v) is 6.39. The van der Waals surface area contributed by atoms with Crippen LogP contribution in [0.15, 0.2) is 41.9 Å². The fourth-order valence-electron chi connectivity index (χ4n) is 3.13. The van der Waals surface area contributed by atoms with E-state index >= 15 is 0 Å². The molecule has 0 spiro atoms. The molecule has 0 unspecified atom stereocenters. The van der Waals surface area contributed by atoms with Crippen LogP contribution in [-0.4, -0.2) is 11.5 Å². The van der Waals surface area contributed by atoms with Crippen LogP contribution in [0, 0.1) is 0 Å². The molecular weight excluding hydrogens is 278 g/mol. The number of rotatable bonds is 2. The molecule has 0 saturated carbocycles. The predicted octanol–water partition coefficient (Wildman–Crippen LogP) is 3.32. The second kappa shape index (κ2) is 5.13. The van der Waals surface area contributed by atoms with Crippen molar-refractivity contribution < 1.29 is 0 Å². The minimum Gasteiger partial charge on any atom is -0.366 e. The van der Waals surface area contributed by atoms with Crippen LogP contribution in [0.4, 0.5) is 5.69 Å². The van der Waals surface area contributed by atoms with Gasteiger partial charge in [-0.3, -0.25) is 4.98 Å². The molecule has 0 radical (unpaired) electrons. The quantitative estimate of drug-likeness (QED) is 0.788. The van der Waals surface area contributed by atoms with Gasteiger partial charge < -0.3 is 10.6 Å². The van der Waals surface area contributed by atoms with Crippen LogP contribution in [0.3, 0.4) is 0 Å². The van der Waals surface area contributed by atoms with E-state index in [1.54, 1.807) is 0 Å². The Labute approximate surface area is 128 Å². The van der Waals surface area contributed by atoms with E-state index < -0.39 is 0 Å². The summed E-state index contributed by atoms with van der Waals surface area (Å²) in [6.07, 6.45) is 3.05. The SMILES string of the molecule is NCc1cnc2ccccc2c1N1CCc2sccc2C1. The number of benzene rings is 1. The first-order chi connectivity index (χ1) is 10.4. The van der Waals surface area contributed by atoms with Crippen LogP contribution in [-0.2, 0) is 19.5 Å². The molecule has 1 aliphatic rings. The fourth-order valence-corrected chi connectivity index (χ4v) is 4.02. The Balaban J connectivity index is 1.86. The van der Waals surface area contributed by atoms with Crippen molar-refractivity contribution in [3.8, 4) is 0 Å². The van der Waals surface area contributed by atoms with Crippen molar-refractivity contribution in [2.24, 2.45) is 5.73 Å². The predicted molar refractivity (Wildman–Crippen MR) is 88.7 cm³/mol. The van der Waals surface area contributed by atoms with Crippen molar-refractivity contribution in [2.75, 3.05) is 11.4 Å². The van der Waals surface area contributed by atoms with Crippen molar-refractivity contribution in [1.29, 1.82) is 0 Å². The maximum Gasteiger partial charge on any atom is 0.0723 e. The van der Waals surface area contributed by atoms with Crippen molar-refractivity contribution in [3.05, 3.63) is 57.9 Å².